The molecule has 1 amide bonds. The van der Waals surface area contributed by atoms with Gasteiger partial charge in [-0.15, -0.1) is 0 Å². The third kappa shape index (κ3) is 4.39. The van der Waals surface area contributed by atoms with Crippen molar-refractivity contribution in [2.45, 2.75) is 4.90 Å². The highest BCUT2D eigenvalue weighted by Gasteiger charge is 2.22. The first-order valence-corrected chi connectivity index (χ1v) is 9.73. The number of sulfonamides is 1. The largest absolute Gasteiger partial charge is 0.272 e. The Bertz CT molecular complexity index is 1070. The van der Waals surface area contributed by atoms with Gasteiger partial charge in [0.1, 0.15) is 0 Å². The van der Waals surface area contributed by atoms with E-state index in [1.165, 1.54) is 19.2 Å². The molecule has 0 aliphatic carbocycles. The molecule has 0 saturated heterocycles. The minimum absolute atomic E-state index is 0.138. The van der Waals surface area contributed by atoms with Crippen LogP contribution in [0.25, 0.3) is 10.8 Å². The molecule has 0 unspecified atom stereocenters. The summed E-state index contributed by atoms with van der Waals surface area (Å²) in [5.41, 5.74) is 3.23. The van der Waals surface area contributed by atoms with Gasteiger partial charge in [-0.1, -0.05) is 60.7 Å². The molecule has 1 N–H and O–H groups in total. The maximum Gasteiger partial charge on any atom is 0.255 e. The monoisotopic (exact) mass is 381 g/mol. The predicted molar refractivity (Wildman–Crippen MR) is 106 cm³/mol. The van der Waals surface area contributed by atoms with Crippen LogP contribution in [0.4, 0.5) is 0 Å². The summed E-state index contributed by atoms with van der Waals surface area (Å²) in [7, 11) is -2.36. The Labute approximate surface area is 158 Å². The van der Waals surface area contributed by atoms with Crippen molar-refractivity contribution in [3.63, 3.8) is 0 Å². The number of amides is 1. The van der Waals surface area contributed by atoms with Crippen molar-refractivity contribution in [1.29, 1.82) is 0 Å². The van der Waals surface area contributed by atoms with E-state index in [9.17, 15) is 13.2 Å². The molecule has 0 heterocycles. The second kappa shape index (κ2) is 8.11. The summed E-state index contributed by atoms with van der Waals surface area (Å²) in [6.07, 6.45) is 1.55. The average molecular weight is 381 g/mol. The standard InChI is InChI=1S/C20H19N3O3S/c1-23(27(25,26)18-11-3-2-4-12-18)15-20(24)22-21-14-17-10-7-9-16-8-5-6-13-19(16)17/h2-14H,15H2,1H3,(H,22,24)/b21-14-. The second-order valence-electron chi connectivity index (χ2n) is 5.94. The lowest BCUT2D eigenvalue weighted by Crippen LogP contribution is -2.36. The molecule has 0 spiro atoms. The molecular weight excluding hydrogens is 362 g/mol. The number of benzene rings is 3. The van der Waals surface area contributed by atoms with E-state index in [1.54, 1.807) is 24.4 Å². The first-order chi connectivity index (χ1) is 13.0. The summed E-state index contributed by atoms with van der Waals surface area (Å²) < 4.78 is 25.8. The van der Waals surface area contributed by atoms with Crippen molar-refractivity contribution in [3.05, 3.63) is 78.4 Å². The Morgan fingerprint density at radius 3 is 2.44 bits per heavy atom. The fraction of sp³-hybridized carbons (Fsp3) is 0.100. The van der Waals surface area contributed by atoms with E-state index in [4.69, 9.17) is 0 Å². The first-order valence-electron chi connectivity index (χ1n) is 8.29. The van der Waals surface area contributed by atoms with Crippen LogP contribution in [0.3, 0.4) is 0 Å². The number of hydrogen-bond donors (Lipinski definition) is 1. The van der Waals surface area contributed by atoms with Crippen molar-refractivity contribution in [2.24, 2.45) is 5.10 Å². The number of carbonyl (C=O) groups excluding carboxylic acids is 1. The molecule has 0 saturated carbocycles. The highest BCUT2D eigenvalue weighted by molar-refractivity contribution is 7.89. The lowest BCUT2D eigenvalue weighted by Gasteiger charge is -2.15. The summed E-state index contributed by atoms with van der Waals surface area (Å²) in [5, 5.41) is 6.04. The van der Waals surface area contributed by atoms with Crippen molar-refractivity contribution in [2.75, 3.05) is 13.6 Å². The minimum Gasteiger partial charge on any atom is -0.272 e. The van der Waals surface area contributed by atoms with E-state index in [1.807, 2.05) is 42.5 Å². The van der Waals surface area contributed by atoms with Crippen LogP contribution in [-0.2, 0) is 14.8 Å². The van der Waals surface area contributed by atoms with E-state index in [0.717, 1.165) is 20.6 Å². The van der Waals surface area contributed by atoms with Gasteiger partial charge in [-0.2, -0.15) is 9.41 Å². The summed E-state index contributed by atoms with van der Waals surface area (Å²) in [5.74, 6) is -0.520. The highest BCUT2D eigenvalue weighted by Crippen LogP contribution is 2.16. The van der Waals surface area contributed by atoms with Crippen LogP contribution in [0.1, 0.15) is 5.56 Å². The zero-order chi connectivity index (χ0) is 19.3. The number of fused-ring (bicyclic) bond motifs is 1. The molecule has 0 aliphatic rings. The van der Waals surface area contributed by atoms with E-state index >= 15 is 0 Å². The van der Waals surface area contributed by atoms with Gasteiger partial charge in [-0.3, -0.25) is 4.79 Å². The van der Waals surface area contributed by atoms with Gasteiger partial charge < -0.3 is 0 Å². The Morgan fingerprint density at radius 2 is 1.67 bits per heavy atom. The van der Waals surface area contributed by atoms with Crippen LogP contribution < -0.4 is 5.43 Å². The van der Waals surface area contributed by atoms with Crippen LogP contribution in [-0.4, -0.2) is 38.4 Å². The van der Waals surface area contributed by atoms with Crippen LogP contribution >= 0.6 is 0 Å². The maximum atomic E-state index is 12.4. The van der Waals surface area contributed by atoms with Gasteiger partial charge >= 0.3 is 0 Å². The topological polar surface area (TPSA) is 78.8 Å². The molecule has 3 aromatic carbocycles. The molecule has 3 aromatic rings. The smallest absolute Gasteiger partial charge is 0.255 e. The Kier molecular flexibility index (Phi) is 5.63. The number of carbonyl (C=O) groups is 1. The molecule has 138 valence electrons. The number of hydrazone groups is 1. The van der Waals surface area contributed by atoms with Gasteiger partial charge in [0, 0.05) is 12.6 Å². The fourth-order valence-electron chi connectivity index (χ4n) is 2.63. The zero-order valence-corrected chi connectivity index (χ0v) is 15.6. The van der Waals surface area contributed by atoms with E-state index in [2.05, 4.69) is 10.5 Å². The SMILES string of the molecule is CN(CC(=O)N/N=C\c1cccc2ccccc12)S(=O)(=O)c1ccccc1. The molecule has 0 aromatic heterocycles. The number of nitrogens with one attached hydrogen (secondary N) is 1. The zero-order valence-electron chi connectivity index (χ0n) is 14.7. The van der Waals surface area contributed by atoms with Gasteiger partial charge in [0.15, 0.2) is 0 Å². The van der Waals surface area contributed by atoms with E-state index < -0.39 is 15.9 Å². The van der Waals surface area contributed by atoms with Crippen LogP contribution in [0, 0.1) is 0 Å². The Balaban J connectivity index is 1.65. The number of hydrogen-bond acceptors (Lipinski definition) is 4. The quantitative estimate of drug-likeness (QED) is 0.527. The molecule has 0 atom stereocenters. The molecule has 7 heteroatoms. The van der Waals surface area contributed by atoms with E-state index in [0.29, 0.717) is 0 Å². The average Bonchev–Trinajstić information content (AvgIpc) is 2.68. The maximum absolute atomic E-state index is 12.4. The molecular formula is C20H19N3O3S. The van der Waals surface area contributed by atoms with E-state index in [-0.39, 0.29) is 11.4 Å². The molecule has 6 nitrogen and oxygen atoms in total. The summed E-state index contributed by atoms with van der Waals surface area (Å²) in [4.78, 5) is 12.2. The third-order valence-corrected chi connectivity index (χ3v) is 5.85. The van der Waals surface area contributed by atoms with Gasteiger partial charge in [0.05, 0.1) is 17.7 Å². The van der Waals surface area contributed by atoms with Crippen molar-refractivity contribution >= 4 is 32.9 Å². The Morgan fingerprint density at radius 1 is 1.00 bits per heavy atom. The van der Waals surface area contributed by atoms with Gasteiger partial charge in [0.2, 0.25) is 10.0 Å². The van der Waals surface area contributed by atoms with Gasteiger partial charge in [-0.25, -0.2) is 13.8 Å². The van der Waals surface area contributed by atoms with Crippen molar-refractivity contribution < 1.29 is 13.2 Å². The molecule has 0 aliphatic heterocycles. The minimum atomic E-state index is -3.72. The van der Waals surface area contributed by atoms with Crippen LogP contribution in [0.15, 0.2) is 82.8 Å². The lowest BCUT2D eigenvalue weighted by atomic mass is 10.1. The molecule has 0 radical (unpaired) electrons. The molecule has 3 rings (SSSR count). The number of nitrogens with zero attached hydrogens (tertiary/aromatic N) is 2. The molecule has 0 fully saturated rings. The molecule has 27 heavy (non-hydrogen) atoms. The number of likely N-dealkylation sites (N-methyl/N-ethyl adjacent to an activating group) is 1. The highest BCUT2D eigenvalue weighted by atomic mass is 32.2. The first kappa shape index (κ1) is 18.8. The predicted octanol–water partition coefficient (Wildman–Crippen LogP) is 2.61. The summed E-state index contributed by atoms with van der Waals surface area (Å²) in [6, 6.07) is 21.6. The van der Waals surface area contributed by atoms with Crippen molar-refractivity contribution in [1.82, 2.24) is 9.73 Å². The second-order valence-corrected chi connectivity index (χ2v) is 7.98. The lowest BCUT2D eigenvalue weighted by molar-refractivity contribution is -0.121. The Hall–Kier alpha value is -3.03. The third-order valence-electron chi connectivity index (χ3n) is 4.03. The normalized spacial score (nSPS) is 11.9. The summed E-state index contributed by atoms with van der Waals surface area (Å²) >= 11 is 0. The van der Waals surface area contributed by atoms with Crippen LogP contribution in [0.5, 0.6) is 0 Å². The van der Waals surface area contributed by atoms with Gasteiger partial charge in [0.25, 0.3) is 5.91 Å². The molecule has 0 bridgehead atoms. The number of rotatable bonds is 6. The fourth-order valence-corrected chi connectivity index (χ4v) is 3.78. The van der Waals surface area contributed by atoms with Crippen molar-refractivity contribution in [3.8, 4) is 0 Å². The summed E-state index contributed by atoms with van der Waals surface area (Å²) in [6.45, 7) is -0.329. The van der Waals surface area contributed by atoms with Crippen LogP contribution in [0.2, 0.25) is 0 Å². The van der Waals surface area contributed by atoms with Gasteiger partial charge in [-0.05, 0) is 22.9 Å².